The first-order valence-corrected chi connectivity index (χ1v) is 8.79. The molecule has 1 atom stereocenters. The van der Waals surface area contributed by atoms with Crippen molar-refractivity contribution in [2.75, 3.05) is 10.6 Å². The molecule has 4 nitrogen and oxygen atoms in total. The molecule has 1 aromatic heterocycles. The summed E-state index contributed by atoms with van der Waals surface area (Å²) in [4.78, 5) is 25.0. The molecule has 0 fully saturated rings. The topological polar surface area (TPSA) is 58.2 Å². The third-order valence-electron chi connectivity index (χ3n) is 4.18. The van der Waals surface area contributed by atoms with Crippen molar-refractivity contribution in [3.05, 3.63) is 45.4 Å². The van der Waals surface area contributed by atoms with Crippen molar-refractivity contribution in [3.8, 4) is 0 Å². The highest BCUT2D eigenvalue weighted by atomic mass is 32.1. The molecule has 2 amide bonds. The van der Waals surface area contributed by atoms with Gasteiger partial charge in [0.2, 0.25) is 5.91 Å². The number of benzene rings is 1. The minimum absolute atomic E-state index is 0.0569. The summed E-state index contributed by atoms with van der Waals surface area (Å²) >= 11 is 1.63. The molecular formula is C18H19FN2O2S. The quantitative estimate of drug-likeness (QED) is 0.874. The Morgan fingerprint density at radius 3 is 2.83 bits per heavy atom. The van der Waals surface area contributed by atoms with Gasteiger partial charge in [-0.05, 0) is 48.9 Å². The van der Waals surface area contributed by atoms with Crippen molar-refractivity contribution in [3.63, 3.8) is 0 Å². The summed E-state index contributed by atoms with van der Waals surface area (Å²) in [5, 5.41) is 7.11. The number of thiophene rings is 1. The number of hydrogen-bond acceptors (Lipinski definition) is 3. The molecule has 2 aromatic rings. The highest BCUT2D eigenvalue weighted by molar-refractivity contribution is 7.10. The lowest BCUT2D eigenvalue weighted by Crippen LogP contribution is -2.17. The summed E-state index contributed by atoms with van der Waals surface area (Å²) in [7, 11) is 0. The zero-order valence-corrected chi connectivity index (χ0v) is 14.4. The van der Waals surface area contributed by atoms with Crippen molar-refractivity contribution in [1.29, 1.82) is 0 Å². The van der Waals surface area contributed by atoms with Crippen LogP contribution < -0.4 is 10.6 Å². The molecule has 2 N–H and O–H groups in total. The lowest BCUT2D eigenvalue weighted by Gasteiger charge is -2.18. The Bertz CT molecular complexity index is 800. The van der Waals surface area contributed by atoms with E-state index >= 15 is 0 Å². The van der Waals surface area contributed by atoms with Gasteiger partial charge in [-0.1, -0.05) is 6.92 Å². The highest BCUT2D eigenvalue weighted by Gasteiger charge is 2.23. The number of nitrogens with one attached hydrogen (secondary N) is 2. The van der Waals surface area contributed by atoms with Crippen LogP contribution in [0.15, 0.2) is 23.6 Å². The van der Waals surface area contributed by atoms with Crippen LogP contribution in [0.5, 0.6) is 0 Å². The number of halogens is 1. The lowest BCUT2D eigenvalue weighted by atomic mass is 9.88. The summed E-state index contributed by atoms with van der Waals surface area (Å²) < 4.78 is 13.7. The molecule has 0 bridgehead atoms. The number of carbonyl (C=O) groups is 2. The van der Waals surface area contributed by atoms with Gasteiger partial charge in [0.05, 0.1) is 11.3 Å². The van der Waals surface area contributed by atoms with E-state index in [0.717, 1.165) is 24.8 Å². The van der Waals surface area contributed by atoms with E-state index in [-0.39, 0.29) is 17.5 Å². The molecule has 0 radical (unpaired) electrons. The highest BCUT2D eigenvalue weighted by Crippen LogP contribution is 2.33. The molecule has 126 valence electrons. The molecule has 1 unspecified atom stereocenters. The van der Waals surface area contributed by atoms with Gasteiger partial charge in [0.15, 0.2) is 0 Å². The molecule has 1 aliphatic rings. The van der Waals surface area contributed by atoms with E-state index in [1.54, 1.807) is 11.3 Å². The standard InChI is InChI=1S/C18H19FN2O2S/c1-10-3-5-13-14(9-24-17(13)7-10)18(23)21-12-4-6-15(19)16(8-12)20-11(2)22/h4,6,8-10H,3,5,7H2,1-2H3,(H,20,22)(H,21,23). The van der Waals surface area contributed by atoms with E-state index in [4.69, 9.17) is 0 Å². The van der Waals surface area contributed by atoms with Gasteiger partial charge in [-0.15, -0.1) is 11.3 Å². The van der Waals surface area contributed by atoms with E-state index in [1.165, 1.54) is 30.0 Å². The van der Waals surface area contributed by atoms with Gasteiger partial charge in [-0.2, -0.15) is 0 Å². The van der Waals surface area contributed by atoms with Gasteiger partial charge in [-0.3, -0.25) is 9.59 Å². The second-order valence-corrected chi connectivity index (χ2v) is 7.19. The maximum absolute atomic E-state index is 13.7. The van der Waals surface area contributed by atoms with Gasteiger partial charge in [0, 0.05) is 22.9 Å². The van der Waals surface area contributed by atoms with Gasteiger partial charge in [0.25, 0.3) is 5.91 Å². The number of carbonyl (C=O) groups excluding carboxylic acids is 2. The predicted molar refractivity (Wildman–Crippen MR) is 94.2 cm³/mol. The fourth-order valence-corrected chi connectivity index (χ4v) is 4.20. The normalized spacial score (nSPS) is 16.4. The smallest absolute Gasteiger partial charge is 0.256 e. The summed E-state index contributed by atoms with van der Waals surface area (Å²) in [6.07, 6.45) is 3.03. The van der Waals surface area contributed by atoms with Crippen LogP contribution in [-0.4, -0.2) is 11.8 Å². The van der Waals surface area contributed by atoms with Crippen LogP contribution in [0.3, 0.4) is 0 Å². The van der Waals surface area contributed by atoms with Crippen molar-refractivity contribution in [2.24, 2.45) is 5.92 Å². The van der Waals surface area contributed by atoms with E-state index in [2.05, 4.69) is 17.6 Å². The van der Waals surface area contributed by atoms with E-state index in [1.807, 2.05) is 5.38 Å². The second kappa shape index (κ2) is 6.73. The van der Waals surface area contributed by atoms with Crippen molar-refractivity contribution >= 4 is 34.5 Å². The molecule has 1 heterocycles. The van der Waals surface area contributed by atoms with Crippen LogP contribution in [0.1, 0.15) is 41.1 Å². The zero-order chi connectivity index (χ0) is 17.3. The van der Waals surface area contributed by atoms with Gasteiger partial charge >= 0.3 is 0 Å². The van der Waals surface area contributed by atoms with E-state index in [9.17, 15) is 14.0 Å². The van der Waals surface area contributed by atoms with Gasteiger partial charge < -0.3 is 10.6 Å². The number of hydrogen-bond donors (Lipinski definition) is 2. The summed E-state index contributed by atoms with van der Waals surface area (Å²) in [6.45, 7) is 3.54. The molecule has 1 aromatic carbocycles. The maximum Gasteiger partial charge on any atom is 0.256 e. The third-order valence-corrected chi connectivity index (χ3v) is 5.23. The fraction of sp³-hybridized carbons (Fsp3) is 0.333. The first-order valence-electron chi connectivity index (χ1n) is 7.91. The van der Waals surface area contributed by atoms with Crippen LogP contribution in [0.4, 0.5) is 15.8 Å². The largest absolute Gasteiger partial charge is 0.324 e. The van der Waals surface area contributed by atoms with Crippen LogP contribution in [0, 0.1) is 11.7 Å². The Morgan fingerprint density at radius 2 is 2.08 bits per heavy atom. The van der Waals surface area contributed by atoms with E-state index in [0.29, 0.717) is 17.2 Å². The summed E-state index contributed by atoms with van der Waals surface area (Å²) in [6, 6.07) is 4.14. The second-order valence-electron chi connectivity index (χ2n) is 6.23. The van der Waals surface area contributed by atoms with Crippen LogP contribution in [0.25, 0.3) is 0 Å². The molecule has 0 saturated heterocycles. The monoisotopic (exact) mass is 346 g/mol. The molecular weight excluding hydrogens is 327 g/mol. The zero-order valence-electron chi connectivity index (χ0n) is 13.6. The Morgan fingerprint density at radius 1 is 1.29 bits per heavy atom. The number of fused-ring (bicyclic) bond motifs is 1. The Kier molecular flexibility index (Phi) is 4.66. The molecule has 1 aliphatic carbocycles. The maximum atomic E-state index is 13.7. The molecule has 0 saturated carbocycles. The average Bonchev–Trinajstić information content (AvgIpc) is 2.93. The van der Waals surface area contributed by atoms with Gasteiger partial charge in [0.1, 0.15) is 5.82 Å². The Hall–Kier alpha value is -2.21. The number of rotatable bonds is 3. The fourth-order valence-electron chi connectivity index (χ4n) is 2.95. The van der Waals surface area contributed by atoms with E-state index < -0.39 is 5.82 Å². The van der Waals surface area contributed by atoms with Crippen LogP contribution >= 0.6 is 11.3 Å². The van der Waals surface area contributed by atoms with Crippen LogP contribution in [0.2, 0.25) is 0 Å². The van der Waals surface area contributed by atoms with Crippen molar-refractivity contribution in [1.82, 2.24) is 0 Å². The predicted octanol–water partition coefficient (Wildman–Crippen LogP) is 4.22. The molecule has 24 heavy (non-hydrogen) atoms. The molecule has 0 spiro atoms. The summed E-state index contributed by atoms with van der Waals surface area (Å²) in [5.74, 6) is -0.435. The molecule has 0 aliphatic heterocycles. The molecule has 6 heteroatoms. The third kappa shape index (κ3) is 3.48. The lowest BCUT2D eigenvalue weighted by molar-refractivity contribution is -0.114. The van der Waals surface area contributed by atoms with Gasteiger partial charge in [-0.25, -0.2) is 4.39 Å². The number of anilines is 2. The first kappa shape index (κ1) is 16.6. The van der Waals surface area contributed by atoms with Crippen LogP contribution in [-0.2, 0) is 17.6 Å². The molecule has 3 rings (SSSR count). The minimum atomic E-state index is -0.537. The number of amides is 2. The SMILES string of the molecule is CC(=O)Nc1cc(NC(=O)c2csc3c2CCC(C)C3)ccc1F. The van der Waals surface area contributed by atoms with Crippen molar-refractivity contribution < 1.29 is 14.0 Å². The first-order chi connectivity index (χ1) is 11.4. The van der Waals surface area contributed by atoms with Crippen molar-refractivity contribution in [2.45, 2.75) is 33.1 Å². The summed E-state index contributed by atoms with van der Waals surface area (Å²) in [5.41, 5.74) is 2.35. The average molecular weight is 346 g/mol. The Labute approximate surface area is 144 Å². The Balaban J connectivity index is 1.79. The minimum Gasteiger partial charge on any atom is -0.324 e.